The Morgan fingerprint density at radius 1 is 0.828 bits per heavy atom. The molecule has 1 amide bonds. The van der Waals surface area contributed by atoms with E-state index in [-0.39, 0.29) is 12.3 Å². The van der Waals surface area contributed by atoms with E-state index in [1.807, 2.05) is 102 Å². The van der Waals surface area contributed by atoms with Gasteiger partial charge in [0.05, 0.1) is 30.5 Å². The lowest BCUT2D eigenvalue weighted by atomic mass is 10.2. The fourth-order valence-corrected chi connectivity index (χ4v) is 3.12. The summed E-state index contributed by atoms with van der Waals surface area (Å²) in [7, 11) is 0. The van der Waals surface area contributed by atoms with E-state index in [2.05, 4.69) is 10.5 Å². The Hall–Kier alpha value is -3.86. The van der Waals surface area contributed by atoms with Gasteiger partial charge in [0.2, 0.25) is 5.91 Å². The SMILES string of the molecule is O=C(Cc1cnn(-c2ccccc2)c1)NN(Cc1ccccc1)c1ccccc1. The van der Waals surface area contributed by atoms with E-state index in [4.69, 9.17) is 0 Å². The maximum Gasteiger partial charge on any atom is 0.243 e. The molecule has 0 radical (unpaired) electrons. The molecular formula is C24H22N4O. The lowest BCUT2D eigenvalue weighted by molar-refractivity contribution is -0.120. The zero-order chi connectivity index (χ0) is 19.9. The molecule has 1 aromatic heterocycles. The molecule has 0 aliphatic rings. The number of hydrazine groups is 1. The van der Waals surface area contributed by atoms with Crippen molar-refractivity contribution in [3.63, 3.8) is 0 Å². The fraction of sp³-hybridized carbons (Fsp3) is 0.0833. The van der Waals surface area contributed by atoms with E-state index in [1.165, 1.54) is 0 Å². The first-order valence-electron chi connectivity index (χ1n) is 9.53. The molecule has 3 aromatic carbocycles. The van der Waals surface area contributed by atoms with Crippen LogP contribution < -0.4 is 10.4 Å². The highest BCUT2D eigenvalue weighted by molar-refractivity contribution is 5.80. The minimum absolute atomic E-state index is 0.0857. The van der Waals surface area contributed by atoms with Crippen LogP contribution in [0.4, 0.5) is 5.69 Å². The molecule has 1 N–H and O–H groups in total. The van der Waals surface area contributed by atoms with Crippen LogP contribution in [-0.4, -0.2) is 15.7 Å². The highest BCUT2D eigenvalue weighted by Crippen LogP contribution is 2.15. The summed E-state index contributed by atoms with van der Waals surface area (Å²) in [4.78, 5) is 12.7. The van der Waals surface area contributed by atoms with Gasteiger partial charge in [-0.05, 0) is 35.4 Å². The number of carbonyl (C=O) groups excluding carboxylic acids is 1. The number of nitrogens with zero attached hydrogens (tertiary/aromatic N) is 3. The molecule has 0 atom stereocenters. The summed E-state index contributed by atoms with van der Waals surface area (Å²) in [5, 5.41) is 6.24. The molecule has 0 unspecified atom stereocenters. The zero-order valence-electron chi connectivity index (χ0n) is 16.0. The van der Waals surface area contributed by atoms with Gasteiger partial charge < -0.3 is 0 Å². The molecule has 5 heteroatoms. The van der Waals surface area contributed by atoms with Gasteiger partial charge in [0.25, 0.3) is 0 Å². The third kappa shape index (κ3) is 4.90. The number of aromatic nitrogens is 2. The van der Waals surface area contributed by atoms with Crippen molar-refractivity contribution in [3.05, 3.63) is 115 Å². The average molecular weight is 382 g/mol. The Balaban J connectivity index is 1.46. The van der Waals surface area contributed by atoms with Crippen LogP contribution >= 0.6 is 0 Å². The van der Waals surface area contributed by atoms with Crippen molar-refractivity contribution in [3.8, 4) is 5.69 Å². The maximum absolute atomic E-state index is 12.7. The van der Waals surface area contributed by atoms with Crippen molar-refractivity contribution in [2.24, 2.45) is 0 Å². The Kier molecular flexibility index (Phi) is 5.67. The number of carbonyl (C=O) groups is 1. The Bertz CT molecular complexity index is 1050. The van der Waals surface area contributed by atoms with Crippen molar-refractivity contribution in [1.29, 1.82) is 0 Å². The molecule has 0 spiro atoms. The summed E-state index contributed by atoms with van der Waals surface area (Å²) >= 11 is 0. The van der Waals surface area contributed by atoms with Crippen molar-refractivity contribution in [2.75, 3.05) is 5.01 Å². The third-order valence-corrected chi connectivity index (χ3v) is 4.53. The summed E-state index contributed by atoms with van der Waals surface area (Å²) in [6.07, 6.45) is 3.88. The highest BCUT2D eigenvalue weighted by atomic mass is 16.2. The lowest BCUT2D eigenvalue weighted by Gasteiger charge is -2.25. The van der Waals surface area contributed by atoms with Crippen LogP contribution in [0.2, 0.25) is 0 Å². The van der Waals surface area contributed by atoms with E-state index in [1.54, 1.807) is 10.9 Å². The van der Waals surface area contributed by atoms with Crippen molar-refractivity contribution < 1.29 is 4.79 Å². The maximum atomic E-state index is 12.7. The van der Waals surface area contributed by atoms with Crippen molar-refractivity contribution >= 4 is 11.6 Å². The van der Waals surface area contributed by atoms with Gasteiger partial charge in [-0.2, -0.15) is 5.10 Å². The van der Waals surface area contributed by atoms with Gasteiger partial charge in [-0.1, -0.05) is 66.7 Å². The van der Waals surface area contributed by atoms with Crippen LogP contribution in [0, 0.1) is 0 Å². The number of anilines is 1. The summed E-state index contributed by atoms with van der Waals surface area (Å²) in [6.45, 7) is 0.583. The van der Waals surface area contributed by atoms with Crippen LogP contribution in [0.15, 0.2) is 103 Å². The molecule has 5 nitrogen and oxygen atoms in total. The summed E-state index contributed by atoms with van der Waals surface area (Å²) in [5.41, 5.74) is 6.92. The summed E-state index contributed by atoms with van der Waals surface area (Å²) in [5.74, 6) is -0.0857. The van der Waals surface area contributed by atoms with Crippen molar-refractivity contribution in [2.45, 2.75) is 13.0 Å². The highest BCUT2D eigenvalue weighted by Gasteiger charge is 2.13. The molecule has 0 fully saturated rings. The summed E-state index contributed by atoms with van der Waals surface area (Å²) in [6, 6.07) is 29.8. The smallest absolute Gasteiger partial charge is 0.243 e. The van der Waals surface area contributed by atoms with E-state index in [0.717, 1.165) is 22.5 Å². The van der Waals surface area contributed by atoms with E-state index >= 15 is 0 Å². The van der Waals surface area contributed by atoms with Gasteiger partial charge in [-0.15, -0.1) is 0 Å². The minimum Gasteiger partial charge on any atom is -0.281 e. The topological polar surface area (TPSA) is 50.2 Å². The molecule has 0 aliphatic heterocycles. The number of rotatable bonds is 7. The van der Waals surface area contributed by atoms with Gasteiger partial charge >= 0.3 is 0 Å². The van der Waals surface area contributed by atoms with Gasteiger partial charge in [-0.25, -0.2) is 4.68 Å². The molecule has 0 bridgehead atoms. The first-order chi connectivity index (χ1) is 14.3. The Morgan fingerprint density at radius 2 is 1.45 bits per heavy atom. The zero-order valence-corrected chi connectivity index (χ0v) is 16.0. The van der Waals surface area contributed by atoms with Crippen LogP contribution in [0.3, 0.4) is 0 Å². The number of hydrogen-bond donors (Lipinski definition) is 1. The summed E-state index contributed by atoms with van der Waals surface area (Å²) < 4.78 is 1.78. The molecular weight excluding hydrogens is 360 g/mol. The number of hydrogen-bond acceptors (Lipinski definition) is 3. The van der Waals surface area contributed by atoms with Gasteiger partial charge in [-0.3, -0.25) is 15.2 Å². The largest absolute Gasteiger partial charge is 0.281 e. The first kappa shape index (κ1) is 18.5. The predicted octanol–water partition coefficient (Wildman–Crippen LogP) is 4.15. The number of amides is 1. The third-order valence-electron chi connectivity index (χ3n) is 4.53. The van der Waals surface area contributed by atoms with Crippen LogP contribution in [0.1, 0.15) is 11.1 Å². The molecule has 0 saturated heterocycles. The monoisotopic (exact) mass is 382 g/mol. The van der Waals surface area contributed by atoms with E-state index in [9.17, 15) is 4.79 Å². The standard InChI is InChI=1S/C24H22N4O/c29-24(16-21-17-25-27(19-21)22-12-6-2-7-13-22)26-28(23-14-8-3-9-15-23)18-20-10-4-1-5-11-20/h1-15,17,19H,16,18H2,(H,26,29). The minimum atomic E-state index is -0.0857. The Labute approximate surface area is 170 Å². The van der Waals surface area contributed by atoms with Crippen LogP contribution in [0.25, 0.3) is 5.69 Å². The molecule has 29 heavy (non-hydrogen) atoms. The number of benzene rings is 3. The lowest BCUT2D eigenvalue weighted by Crippen LogP contribution is -2.42. The van der Waals surface area contributed by atoms with Gasteiger partial charge in [0.15, 0.2) is 0 Å². The van der Waals surface area contributed by atoms with Crippen LogP contribution in [-0.2, 0) is 17.8 Å². The average Bonchev–Trinajstić information content (AvgIpc) is 3.24. The predicted molar refractivity (Wildman–Crippen MR) is 114 cm³/mol. The van der Waals surface area contributed by atoms with E-state index in [0.29, 0.717) is 6.54 Å². The second kappa shape index (κ2) is 8.89. The molecule has 0 saturated carbocycles. The normalized spacial score (nSPS) is 10.5. The van der Waals surface area contributed by atoms with Gasteiger partial charge in [0, 0.05) is 6.20 Å². The number of nitrogens with one attached hydrogen (secondary N) is 1. The molecule has 1 heterocycles. The fourth-order valence-electron chi connectivity index (χ4n) is 3.12. The van der Waals surface area contributed by atoms with Crippen molar-refractivity contribution in [1.82, 2.24) is 15.2 Å². The Morgan fingerprint density at radius 3 is 2.14 bits per heavy atom. The first-order valence-corrected chi connectivity index (χ1v) is 9.53. The van der Waals surface area contributed by atoms with Crippen LogP contribution in [0.5, 0.6) is 0 Å². The van der Waals surface area contributed by atoms with Gasteiger partial charge in [0.1, 0.15) is 0 Å². The quantitative estimate of drug-likeness (QED) is 0.489. The van der Waals surface area contributed by atoms with E-state index < -0.39 is 0 Å². The number of para-hydroxylation sites is 2. The molecule has 4 rings (SSSR count). The molecule has 4 aromatic rings. The second-order valence-corrected chi connectivity index (χ2v) is 6.75. The second-order valence-electron chi connectivity index (χ2n) is 6.75. The molecule has 144 valence electrons. The molecule has 0 aliphatic carbocycles.